The molecule has 3 aromatic rings. The third-order valence-corrected chi connectivity index (χ3v) is 4.58. The Labute approximate surface area is 156 Å². The van der Waals surface area contributed by atoms with Crippen molar-refractivity contribution in [3.05, 3.63) is 77.9 Å². The van der Waals surface area contributed by atoms with Crippen molar-refractivity contribution in [1.82, 2.24) is 15.0 Å². The van der Waals surface area contributed by atoms with Crippen molar-refractivity contribution >= 4 is 12.0 Å². The highest BCUT2D eigenvalue weighted by Gasteiger charge is 2.33. The largest absolute Gasteiger partial charge is 0.337 e. The van der Waals surface area contributed by atoms with Crippen molar-refractivity contribution in [2.75, 3.05) is 6.54 Å². The molecule has 1 unspecified atom stereocenters. The minimum atomic E-state index is -0.319. The van der Waals surface area contributed by atoms with Crippen LogP contribution in [0.1, 0.15) is 30.3 Å². The fraction of sp³-hybridized carbons (Fsp3) is 0.190. The van der Waals surface area contributed by atoms with Gasteiger partial charge < -0.3 is 9.42 Å². The first-order valence-electron chi connectivity index (χ1n) is 8.84. The van der Waals surface area contributed by atoms with Gasteiger partial charge in [-0.1, -0.05) is 35.5 Å². The van der Waals surface area contributed by atoms with Gasteiger partial charge >= 0.3 is 0 Å². The second-order valence-electron chi connectivity index (χ2n) is 6.40. The molecule has 1 atom stereocenters. The second-order valence-corrected chi connectivity index (χ2v) is 6.40. The van der Waals surface area contributed by atoms with Crippen molar-refractivity contribution in [3.63, 3.8) is 0 Å². The zero-order valence-corrected chi connectivity index (χ0v) is 14.6. The number of rotatable bonds is 4. The van der Waals surface area contributed by atoms with E-state index >= 15 is 0 Å². The van der Waals surface area contributed by atoms with Crippen LogP contribution in [-0.2, 0) is 4.79 Å². The molecular formula is C21H18FN3O2. The number of carbonyl (C=O) groups excluding carboxylic acids is 1. The molecule has 0 bridgehead atoms. The minimum absolute atomic E-state index is 0.0807. The number of likely N-dealkylation sites (tertiary alicyclic amines) is 1. The third kappa shape index (κ3) is 3.79. The van der Waals surface area contributed by atoms with E-state index in [-0.39, 0.29) is 17.8 Å². The van der Waals surface area contributed by atoms with E-state index in [1.807, 2.05) is 30.3 Å². The number of amides is 1. The quantitative estimate of drug-likeness (QED) is 0.650. The van der Waals surface area contributed by atoms with Crippen LogP contribution in [0.5, 0.6) is 0 Å². The van der Waals surface area contributed by atoms with Crippen molar-refractivity contribution in [1.29, 1.82) is 0 Å². The fourth-order valence-electron chi connectivity index (χ4n) is 3.20. The molecule has 0 saturated carbocycles. The van der Waals surface area contributed by atoms with Crippen molar-refractivity contribution in [2.45, 2.75) is 18.9 Å². The van der Waals surface area contributed by atoms with Gasteiger partial charge in [0.15, 0.2) is 0 Å². The molecular weight excluding hydrogens is 345 g/mol. The summed E-state index contributed by atoms with van der Waals surface area (Å²) < 4.78 is 18.5. The molecule has 5 nitrogen and oxygen atoms in total. The highest BCUT2D eigenvalue weighted by molar-refractivity contribution is 5.92. The van der Waals surface area contributed by atoms with Gasteiger partial charge in [0, 0.05) is 18.2 Å². The lowest BCUT2D eigenvalue weighted by Crippen LogP contribution is -2.29. The Balaban J connectivity index is 1.50. The number of nitrogens with zero attached hydrogens (tertiary/aromatic N) is 3. The van der Waals surface area contributed by atoms with Gasteiger partial charge in [-0.3, -0.25) is 4.79 Å². The van der Waals surface area contributed by atoms with Gasteiger partial charge in [0.05, 0.1) is 0 Å². The maximum atomic E-state index is 13.1. The van der Waals surface area contributed by atoms with Crippen LogP contribution in [0.15, 0.2) is 65.2 Å². The molecule has 4 rings (SSSR count). The topological polar surface area (TPSA) is 59.2 Å². The Morgan fingerprint density at radius 1 is 1.15 bits per heavy atom. The summed E-state index contributed by atoms with van der Waals surface area (Å²) in [6, 6.07) is 15.3. The van der Waals surface area contributed by atoms with Crippen LogP contribution in [0.4, 0.5) is 4.39 Å². The summed E-state index contributed by atoms with van der Waals surface area (Å²) in [5, 5.41) is 3.98. The van der Waals surface area contributed by atoms with Gasteiger partial charge in [-0.05, 0) is 48.7 Å². The summed E-state index contributed by atoms with van der Waals surface area (Å²) in [4.78, 5) is 18.8. The standard InChI is InChI=1S/C21H18FN3O2/c22-17-11-9-16(10-12-17)20-23-21(27-24-20)18-7-4-14-25(18)19(26)13-8-15-5-2-1-3-6-15/h1-3,5-6,8-13,18H,4,7,14H2. The van der Waals surface area contributed by atoms with Gasteiger partial charge in [0.25, 0.3) is 0 Å². The summed E-state index contributed by atoms with van der Waals surface area (Å²) >= 11 is 0. The van der Waals surface area contributed by atoms with E-state index in [2.05, 4.69) is 10.1 Å². The molecule has 0 aliphatic carbocycles. The van der Waals surface area contributed by atoms with Crippen molar-refractivity contribution in [2.24, 2.45) is 0 Å². The van der Waals surface area contributed by atoms with Crippen molar-refractivity contribution < 1.29 is 13.7 Å². The summed E-state index contributed by atoms with van der Waals surface area (Å²) in [6.45, 7) is 0.650. The molecule has 1 aliphatic rings. The lowest BCUT2D eigenvalue weighted by molar-refractivity contribution is -0.127. The molecule has 1 saturated heterocycles. The predicted octanol–water partition coefficient (Wildman–Crippen LogP) is 4.25. The molecule has 1 aliphatic heterocycles. The zero-order valence-electron chi connectivity index (χ0n) is 14.6. The van der Waals surface area contributed by atoms with Gasteiger partial charge in [-0.15, -0.1) is 0 Å². The van der Waals surface area contributed by atoms with E-state index in [4.69, 9.17) is 4.52 Å². The normalized spacial score (nSPS) is 16.9. The van der Waals surface area contributed by atoms with Crippen LogP contribution in [0.25, 0.3) is 17.5 Å². The third-order valence-electron chi connectivity index (χ3n) is 4.58. The van der Waals surface area contributed by atoms with Crippen molar-refractivity contribution in [3.8, 4) is 11.4 Å². The van der Waals surface area contributed by atoms with Gasteiger partial charge in [-0.2, -0.15) is 4.98 Å². The Bertz CT molecular complexity index is 951. The first-order chi connectivity index (χ1) is 13.2. The first kappa shape index (κ1) is 17.1. The molecule has 1 fully saturated rings. The summed E-state index contributed by atoms with van der Waals surface area (Å²) in [5.41, 5.74) is 1.64. The molecule has 6 heteroatoms. The highest BCUT2D eigenvalue weighted by Crippen LogP contribution is 2.32. The van der Waals surface area contributed by atoms with Crippen LogP contribution >= 0.6 is 0 Å². The molecule has 136 valence electrons. The summed E-state index contributed by atoms with van der Waals surface area (Å²) in [7, 11) is 0. The smallest absolute Gasteiger partial charge is 0.249 e. The molecule has 0 radical (unpaired) electrons. The SMILES string of the molecule is O=C(C=Cc1ccccc1)N1CCCC1c1nc(-c2ccc(F)cc2)no1. The summed E-state index contributed by atoms with van der Waals surface area (Å²) in [5.74, 6) is 0.403. The number of aromatic nitrogens is 2. The average molecular weight is 363 g/mol. The molecule has 0 N–H and O–H groups in total. The second kappa shape index (κ2) is 7.53. The highest BCUT2D eigenvalue weighted by atomic mass is 19.1. The van der Waals surface area contributed by atoms with Gasteiger partial charge in [0.1, 0.15) is 11.9 Å². The van der Waals surface area contributed by atoms with Crippen LogP contribution in [-0.4, -0.2) is 27.5 Å². The number of hydrogen-bond donors (Lipinski definition) is 0. The van der Waals surface area contributed by atoms with E-state index in [9.17, 15) is 9.18 Å². The molecule has 2 heterocycles. The minimum Gasteiger partial charge on any atom is -0.337 e. The van der Waals surface area contributed by atoms with E-state index in [1.165, 1.54) is 12.1 Å². The molecule has 1 amide bonds. The van der Waals surface area contributed by atoms with Crippen LogP contribution in [0.2, 0.25) is 0 Å². The Kier molecular flexibility index (Phi) is 4.78. The lowest BCUT2D eigenvalue weighted by atomic mass is 10.2. The van der Waals surface area contributed by atoms with E-state index in [0.717, 1.165) is 18.4 Å². The fourth-order valence-corrected chi connectivity index (χ4v) is 3.20. The zero-order chi connectivity index (χ0) is 18.6. The average Bonchev–Trinajstić information content (AvgIpc) is 3.37. The number of hydrogen-bond acceptors (Lipinski definition) is 4. The Morgan fingerprint density at radius 3 is 2.70 bits per heavy atom. The van der Waals surface area contributed by atoms with E-state index in [1.54, 1.807) is 29.2 Å². The number of carbonyl (C=O) groups is 1. The Hall–Kier alpha value is -3.28. The van der Waals surface area contributed by atoms with Crippen LogP contribution < -0.4 is 0 Å². The predicted molar refractivity (Wildman–Crippen MR) is 98.9 cm³/mol. The number of halogens is 1. The summed E-state index contributed by atoms with van der Waals surface area (Å²) in [6.07, 6.45) is 5.03. The van der Waals surface area contributed by atoms with E-state index < -0.39 is 0 Å². The van der Waals surface area contributed by atoms with Gasteiger partial charge in [-0.25, -0.2) is 4.39 Å². The monoisotopic (exact) mass is 363 g/mol. The molecule has 0 spiro atoms. The van der Waals surface area contributed by atoms with Crippen LogP contribution in [0.3, 0.4) is 0 Å². The maximum absolute atomic E-state index is 13.1. The molecule has 2 aromatic carbocycles. The first-order valence-corrected chi connectivity index (χ1v) is 8.84. The van der Waals surface area contributed by atoms with Crippen LogP contribution in [0, 0.1) is 5.82 Å². The number of benzene rings is 2. The van der Waals surface area contributed by atoms with Gasteiger partial charge in [0.2, 0.25) is 17.6 Å². The molecule has 27 heavy (non-hydrogen) atoms. The van der Waals surface area contributed by atoms with E-state index in [0.29, 0.717) is 23.8 Å². The lowest BCUT2D eigenvalue weighted by Gasteiger charge is -2.20. The maximum Gasteiger partial charge on any atom is 0.249 e. The Morgan fingerprint density at radius 2 is 1.93 bits per heavy atom. The molecule has 1 aromatic heterocycles.